The van der Waals surface area contributed by atoms with Crippen LogP contribution in [0.3, 0.4) is 0 Å². The lowest BCUT2D eigenvalue weighted by Gasteiger charge is -2.12. The Kier molecular flexibility index (Phi) is 3.46. The topological polar surface area (TPSA) is 55.1 Å². The first kappa shape index (κ1) is 9.74. The molecule has 1 atom stereocenters. The number of hydrogen-bond acceptors (Lipinski definition) is 2. The molecule has 0 radical (unpaired) electrons. The lowest BCUT2D eigenvalue weighted by atomic mass is 10.1. The molecule has 1 aromatic carbocycles. The fourth-order valence-electron chi connectivity index (χ4n) is 1.11. The van der Waals surface area contributed by atoms with Crippen molar-refractivity contribution in [1.82, 2.24) is 5.32 Å². The molecule has 0 heterocycles. The summed E-state index contributed by atoms with van der Waals surface area (Å²) in [5, 5.41) is 3.02. The number of hydrogen-bond donors (Lipinski definition) is 2. The van der Waals surface area contributed by atoms with Gasteiger partial charge in [0, 0.05) is 6.04 Å². The standard InChI is InChI=1S/C10H14N2O/c1-8(12-7-10(11)13)9-5-3-2-4-6-9/h2-6,8,12H,7H2,1H3,(H2,11,13)/t8-/m1/s1. The highest BCUT2D eigenvalue weighted by Gasteiger charge is 2.03. The van der Waals surface area contributed by atoms with Crippen molar-refractivity contribution < 1.29 is 4.79 Å². The summed E-state index contributed by atoms with van der Waals surface area (Å²) in [6.45, 7) is 2.22. The van der Waals surface area contributed by atoms with Crippen molar-refractivity contribution in [3.8, 4) is 0 Å². The zero-order valence-corrected chi connectivity index (χ0v) is 7.66. The molecule has 13 heavy (non-hydrogen) atoms. The van der Waals surface area contributed by atoms with Crippen LogP contribution in [0.15, 0.2) is 30.3 Å². The summed E-state index contributed by atoms with van der Waals surface area (Å²) in [5.74, 6) is -0.331. The Bertz CT molecular complexity index is 272. The van der Waals surface area contributed by atoms with Gasteiger partial charge in [0.15, 0.2) is 0 Å². The van der Waals surface area contributed by atoms with Gasteiger partial charge >= 0.3 is 0 Å². The van der Waals surface area contributed by atoms with Crippen LogP contribution < -0.4 is 11.1 Å². The number of nitrogens with one attached hydrogen (secondary N) is 1. The van der Waals surface area contributed by atoms with Crippen molar-refractivity contribution in [2.75, 3.05) is 6.54 Å². The molecule has 0 saturated heterocycles. The normalized spacial score (nSPS) is 12.4. The van der Waals surface area contributed by atoms with E-state index in [1.165, 1.54) is 0 Å². The van der Waals surface area contributed by atoms with Crippen LogP contribution in [0.1, 0.15) is 18.5 Å². The zero-order valence-electron chi connectivity index (χ0n) is 7.66. The molecule has 1 amide bonds. The Labute approximate surface area is 77.9 Å². The van der Waals surface area contributed by atoms with Crippen molar-refractivity contribution in [3.63, 3.8) is 0 Å². The van der Waals surface area contributed by atoms with Gasteiger partial charge in [-0.2, -0.15) is 0 Å². The van der Waals surface area contributed by atoms with E-state index in [0.717, 1.165) is 5.56 Å². The summed E-state index contributed by atoms with van der Waals surface area (Å²) in [7, 11) is 0. The summed E-state index contributed by atoms with van der Waals surface area (Å²) in [6, 6.07) is 10.1. The number of amides is 1. The van der Waals surface area contributed by atoms with Crippen LogP contribution in [0.4, 0.5) is 0 Å². The minimum absolute atomic E-state index is 0.161. The summed E-state index contributed by atoms with van der Waals surface area (Å²) in [5.41, 5.74) is 6.17. The number of carbonyl (C=O) groups is 1. The fraction of sp³-hybridized carbons (Fsp3) is 0.300. The van der Waals surface area contributed by atoms with E-state index in [1.807, 2.05) is 37.3 Å². The van der Waals surface area contributed by atoms with Gasteiger partial charge in [0.1, 0.15) is 0 Å². The number of nitrogens with two attached hydrogens (primary N) is 1. The second-order valence-corrected chi connectivity index (χ2v) is 2.98. The van der Waals surface area contributed by atoms with Crippen molar-refractivity contribution >= 4 is 5.91 Å². The van der Waals surface area contributed by atoms with Gasteiger partial charge in [-0.1, -0.05) is 30.3 Å². The average Bonchev–Trinajstić information content (AvgIpc) is 2.15. The largest absolute Gasteiger partial charge is 0.369 e. The van der Waals surface area contributed by atoms with Gasteiger partial charge in [0.2, 0.25) is 5.91 Å². The minimum atomic E-state index is -0.331. The first-order valence-electron chi connectivity index (χ1n) is 4.27. The second-order valence-electron chi connectivity index (χ2n) is 2.98. The van der Waals surface area contributed by atoms with Gasteiger partial charge in [0.25, 0.3) is 0 Å². The van der Waals surface area contributed by atoms with E-state index >= 15 is 0 Å². The molecular formula is C10H14N2O. The Morgan fingerprint density at radius 1 is 1.46 bits per heavy atom. The predicted molar refractivity (Wildman–Crippen MR) is 52.1 cm³/mol. The van der Waals surface area contributed by atoms with E-state index < -0.39 is 0 Å². The molecule has 0 spiro atoms. The molecule has 0 bridgehead atoms. The van der Waals surface area contributed by atoms with Crippen molar-refractivity contribution in [3.05, 3.63) is 35.9 Å². The van der Waals surface area contributed by atoms with E-state index in [0.29, 0.717) is 0 Å². The predicted octanol–water partition coefficient (Wildman–Crippen LogP) is 0.823. The molecule has 0 aliphatic heterocycles. The first-order valence-corrected chi connectivity index (χ1v) is 4.27. The summed E-state index contributed by atoms with van der Waals surface area (Å²) < 4.78 is 0. The van der Waals surface area contributed by atoms with E-state index in [4.69, 9.17) is 5.73 Å². The Balaban J connectivity index is 2.49. The molecule has 0 fully saturated rings. The van der Waals surface area contributed by atoms with Gasteiger partial charge in [-0.15, -0.1) is 0 Å². The smallest absolute Gasteiger partial charge is 0.231 e. The summed E-state index contributed by atoms with van der Waals surface area (Å²) >= 11 is 0. The maximum atomic E-state index is 10.5. The molecule has 70 valence electrons. The van der Waals surface area contributed by atoms with E-state index in [9.17, 15) is 4.79 Å². The molecule has 0 aromatic heterocycles. The van der Waals surface area contributed by atoms with Crippen LogP contribution in [0.5, 0.6) is 0 Å². The zero-order chi connectivity index (χ0) is 9.68. The number of primary amides is 1. The van der Waals surface area contributed by atoms with Crippen molar-refractivity contribution in [2.24, 2.45) is 5.73 Å². The molecule has 3 heteroatoms. The second kappa shape index (κ2) is 4.62. The lowest BCUT2D eigenvalue weighted by Crippen LogP contribution is -2.30. The van der Waals surface area contributed by atoms with Crippen LogP contribution in [-0.4, -0.2) is 12.5 Å². The third-order valence-electron chi connectivity index (χ3n) is 1.88. The molecule has 1 rings (SSSR count). The molecule has 0 aliphatic rings. The first-order chi connectivity index (χ1) is 6.20. The highest BCUT2D eigenvalue weighted by atomic mass is 16.1. The molecule has 0 saturated carbocycles. The highest BCUT2D eigenvalue weighted by molar-refractivity contribution is 5.75. The number of benzene rings is 1. The van der Waals surface area contributed by atoms with Gasteiger partial charge < -0.3 is 11.1 Å². The lowest BCUT2D eigenvalue weighted by molar-refractivity contribution is -0.117. The minimum Gasteiger partial charge on any atom is -0.369 e. The van der Waals surface area contributed by atoms with E-state index in [2.05, 4.69) is 5.32 Å². The molecule has 3 N–H and O–H groups in total. The molecule has 1 aromatic rings. The van der Waals surface area contributed by atoms with Gasteiger partial charge in [-0.25, -0.2) is 0 Å². The quantitative estimate of drug-likeness (QED) is 0.717. The average molecular weight is 178 g/mol. The van der Waals surface area contributed by atoms with Crippen LogP contribution >= 0.6 is 0 Å². The van der Waals surface area contributed by atoms with Gasteiger partial charge in [-0.3, -0.25) is 4.79 Å². The van der Waals surface area contributed by atoms with Crippen LogP contribution in [0.25, 0.3) is 0 Å². The number of carbonyl (C=O) groups excluding carboxylic acids is 1. The monoisotopic (exact) mass is 178 g/mol. The Hall–Kier alpha value is -1.35. The molecule has 0 aliphatic carbocycles. The number of rotatable bonds is 4. The molecular weight excluding hydrogens is 164 g/mol. The fourth-order valence-corrected chi connectivity index (χ4v) is 1.11. The summed E-state index contributed by atoms with van der Waals surface area (Å²) in [4.78, 5) is 10.5. The summed E-state index contributed by atoms with van der Waals surface area (Å²) in [6.07, 6.45) is 0. The maximum absolute atomic E-state index is 10.5. The van der Waals surface area contributed by atoms with E-state index in [1.54, 1.807) is 0 Å². The van der Waals surface area contributed by atoms with Crippen LogP contribution in [-0.2, 0) is 4.79 Å². The molecule has 3 nitrogen and oxygen atoms in total. The van der Waals surface area contributed by atoms with Gasteiger partial charge in [-0.05, 0) is 12.5 Å². The van der Waals surface area contributed by atoms with Crippen molar-refractivity contribution in [2.45, 2.75) is 13.0 Å². The molecule has 0 unspecified atom stereocenters. The van der Waals surface area contributed by atoms with Crippen LogP contribution in [0.2, 0.25) is 0 Å². The highest BCUT2D eigenvalue weighted by Crippen LogP contribution is 2.09. The SMILES string of the molecule is C[C@@H](NCC(N)=O)c1ccccc1. The maximum Gasteiger partial charge on any atom is 0.231 e. The van der Waals surface area contributed by atoms with Crippen LogP contribution in [0, 0.1) is 0 Å². The third-order valence-corrected chi connectivity index (χ3v) is 1.88. The Morgan fingerprint density at radius 2 is 2.08 bits per heavy atom. The van der Waals surface area contributed by atoms with Crippen molar-refractivity contribution in [1.29, 1.82) is 0 Å². The van der Waals surface area contributed by atoms with E-state index in [-0.39, 0.29) is 18.5 Å². The Morgan fingerprint density at radius 3 is 2.62 bits per heavy atom. The van der Waals surface area contributed by atoms with Gasteiger partial charge in [0.05, 0.1) is 6.54 Å². The third kappa shape index (κ3) is 3.25.